The molecular formula is C15H19N2O+. The Bertz CT molecular complexity index is 507. The molecule has 0 amide bonds. The number of nitrogens with one attached hydrogen (secondary N) is 1. The SMILES string of the molecule is C[NH+]1C[C@H]2CCc3ccccc3[C@]2(O)[C@H](C#N)C1. The van der Waals surface area contributed by atoms with Gasteiger partial charge in [0.25, 0.3) is 0 Å². The molecule has 94 valence electrons. The van der Waals surface area contributed by atoms with Crippen molar-refractivity contribution in [1.82, 2.24) is 0 Å². The summed E-state index contributed by atoms with van der Waals surface area (Å²) < 4.78 is 0. The number of quaternary nitrogens is 1. The molecule has 1 fully saturated rings. The fourth-order valence-corrected chi connectivity index (χ4v) is 3.78. The van der Waals surface area contributed by atoms with Gasteiger partial charge >= 0.3 is 0 Å². The average molecular weight is 243 g/mol. The van der Waals surface area contributed by atoms with E-state index in [0.29, 0.717) is 0 Å². The lowest BCUT2D eigenvalue weighted by molar-refractivity contribution is -0.896. The Kier molecular flexibility index (Phi) is 2.65. The van der Waals surface area contributed by atoms with Gasteiger partial charge in [0, 0.05) is 5.92 Å². The Balaban J connectivity index is 2.12. The molecule has 0 saturated carbocycles. The molecule has 2 aliphatic rings. The fourth-order valence-electron chi connectivity index (χ4n) is 3.78. The van der Waals surface area contributed by atoms with E-state index in [0.717, 1.165) is 31.5 Å². The van der Waals surface area contributed by atoms with Crippen LogP contribution >= 0.6 is 0 Å². The van der Waals surface area contributed by atoms with Crippen molar-refractivity contribution in [2.45, 2.75) is 18.4 Å². The first-order valence-corrected chi connectivity index (χ1v) is 6.68. The lowest BCUT2D eigenvalue weighted by Gasteiger charge is -2.48. The Morgan fingerprint density at radius 3 is 2.94 bits per heavy atom. The van der Waals surface area contributed by atoms with Crippen LogP contribution in [-0.4, -0.2) is 25.2 Å². The Labute approximate surface area is 108 Å². The molecule has 3 nitrogen and oxygen atoms in total. The predicted octanol–water partition coefficient (Wildman–Crippen LogP) is 0.105. The smallest absolute Gasteiger partial charge is 0.128 e. The molecular weight excluding hydrogens is 224 g/mol. The second kappa shape index (κ2) is 4.08. The zero-order valence-corrected chi connectivity index (χ0v) is 10.7. The van der Waals surface area contributed by atoms with E-state index in [4.69, 9.17) is 0 Å². The van der Waals surface area contributed by atoms with Gasteiger partial charge in [-0.2, -0.15) is 5.26 Å². The van der Waals surface area contributed by atoms with Gasteiger partial charge in [-0.25, -0.2) is 0 Å². The van der Waals surface area contributed by atoms with Crippen LogP contribution in [0.2, 0.25) is 0 Å². The van der Waals surface area contributed by atoms with Gasteiger partial charge in [-0.05, 0) is 24.0 Å². The molecule has 1 aliphatic heterocycles. The van der Waals surface area contributed by atoms with Gasteiger partial charge in [0.1, 0.15) is 11.5 Å². The van der Waals surface area contributed by atoms with Gasteiger partial charge in [0.2, 0.25) is 0 Å². The topological polar surface area (TPSA) is 48.5 Å². The van der Waals surface area contributed by atoms with Crippen molar-refractivity contribution >= 4 is 0 Å². The van der Waals surface area contributed by atoms with E-state index >= 15 is 0 Å². The predicted molar refractivity (Wildman–Crippen MR) is 67.9 cm³/mol. The molecule has 0 bridgehead atoms. The number of piperidine rings is 1. The molecule has 0 aromatic heterocycles. The number of nitrogens with zero attached hydrogens (tertiary/aromatic N) is 1. The minimum Gasteiger partial charge on any atom is -0.383 e. The van der Waals surface area contributed by atoms with Crippen LogP contribution in [0, 0.1) is 23.2 Å². The minimum absolute atomic E-state index is 0.214. The van der Waals surface area contributed by atoms with Crippen molar-refractivity contribution in [3.63, 3.8) is 0 Å². The van der Waals surface area contributed by atoms with Crippen LogP contribution in [0.1, 0.15) is 17.5 Å². The average Bonchev–Trinajstić information content (AvgIpc) is 2.39. The van der Waals surface area contributed by atoms with E-state index in [-0.39, 0.29) is 11.8 Å². The Morgan fingerprint density at radius 2 is 2.17 bits per heavy atom. The van der Waals surface area contributed by atoms with Crippen molar-refractivity contribution in [3.8, 4) is 6.07 Å². The maximum atomic E-state index is 11.2. The number of nitriles is 1. The van der Waals surface area contributed by atoms with E-state index in [1.807, 2.05) is 18.2 Å². The van der Waals surface area contributed by atoms with Gasteiger partial charge in [0.15, 0.2) is 0 Å². The molecule has 1 aromatic rings. The minimum atomic E-state index is -0.927. The third-order valence-corrected chi connectivity index (χ3v) is 4.67. The number of hydrogen-bond donors (Lipinski definition) is 2. The van der Waals surface area contributed by atoms with E-state index in [1.165, 1.54) is 10.5 Å². The Hall–Kier alpha value is -1.37. The molecule has 3 heteroatoms. The standard InChI is InChI=1S/C15H18N2O/c1-17-9-12-7-6-11-4-2-3-5-14(11)15(12,18)13(8-16)10-17/h2-5,12-13,18H,6-7,9-10H2,1H3/p+1/t12-,13-,15-/m1/s1. The first-order valence-electron chi connectivity index (χ1n) is 6.68. The maximum absolute atomic E-state index is 11.2. The van der Waals surface area contributed by atoms with Crippen LogP contribution in [0.4, 0.5) is 0 Å². The summed E-state index contributed by atoms with van der Waals surface area (Å²) in [5, 5.41) is 20.6. The molecule has 18 heavy (non-hydrogen) atoms. The molecule has 1 aromatic carbocycles. The molecule has 1 saturated heterocycles. The van der Waals surface area contributed by atoms with Crippen LogP contribution in [-0.2, 0) is 12.0 Å². The summed E-state index contributed by atoms with van der Waals surface area (Å²) in [7, 11) is 2.12. The normalized spacial score (nSPS) is 38.4. The number of aryl methyl sites for hydroxylation is 1. The zero-order valence-electron chi connectivity index (χ0n) is 10.7. The quantitative estimate of drug-likeness (QED) is 0.679. The molecule has 1 unspecified atom stereocenters. The van der Waals surface area contributed by atoms with Crippen LogP contribution in [0.15, 0.2) is 24.3 Å². The number of hydrogen-bond acceptors (Lipinski definition) is 2. The highest BCUT2D eigenvalue weighted by Crippen LogP contribution is 2.45. The van der Waals surface area contributed by atoms with E-state index < -0.39 is 5.60 Å². The summed E-state index contributed by atoms with van der Waals surface area (Å²) in [6.07, 6.45) is 2.01. The molecule has 3 rings (SSSR count). The van der Waals surface area contributed by atoms with Crippen molar-refractivity contribution < 1.29 is 10.0 Å². The fraction of sp³-hybridized carbons (Fsp3) is 0.533. The van der Waals surface area contributed by atoms with Crippen LogP contribution in [0.5, 0.6) is 0 Å². The van der Waals surface area contributed by atoms with Crippen molar-refractivity contribution in [2.75, 3.05) is 20.1 Å². The first kappa shape index (κ1) is 11.7. The summed E-state index contributed by atoms with van der Waals surface area (Å²) in [5.41, 5.74) is 1.29. The largest absolute Gasteiger partial charge is 0.383 e. The molecule has 0 radical (unpaired) electrons. The highest BCUT2D eigenvalue weighted by molar-refractivity contribution is 5.37. The van der Waals surface area contributed by atoms with Gasteiger partial charge in [-0.1, -0.05) is 24.3 Å². The van der Waals surface area contributed by atoms with E-state index in [9.17, 15) is 10.4 Å². The number of aliphatic hydroxyl groups is 1. The monoisotopic (exact) mass is 243 g/mol. The summed E-state index contributed by atoms with van der Waals surface area (Å²) in [6.45, 7) is 1.70. The number of fused-ring (bicyclic) bond motifs is 3. The molecule has 4 atom stereocenters. The van der Waals surface area contributed by atoms with Gasteiger partial charge in [0.05, 0.1) is 26.2 Å². The van der Waals surface area contributed by atoms with Crippen molar-refractivity contribution in [2.24, 2.45) is 11.8 Å². The van der Waals surface area contributed by atoms with Crippen LogP contribution in [0.25, 0.3) is 0 Å². The highest BCUT2D eigenvalue weighted by Gasteiger charge is 2.53. The van der Waals surface area contributed by atoms with Crippen molar-refractivity contribution in [1.29, 1.82) is 5.26 Å². The summed E-state index contributed by atoms with van der Waals surface area (Å²) in [4.78, 5) is 1.36. The van der Waals surface area contributed by atoms with Gasteiger partial charge in [-0.15, -0.1) is 0 Å². The van der Waals surface area contributed by atoms with Crippen LogP contribution in [0.3, 0.4) is 0 Å². The zero-order chi connectivity index (χ0) is 12.8. The lowest BCUT2D eigenvalue weighted by Crippen LogP contribution is -3.12. The summed E-state index contributed by atoms with van der Waals surface area (Å²) >= 11 is 0. The third-order valence-electron chi connectivity index (χ3n) is 4.67. The molecule has 2 N–H and O–H groups in total. The molecule has 1 aliphatic carbocycles. The molecule has 0 spiro atoms. The summed E-state index contributed by atoms with van der Waals surface area (Å²) in [6, 6.07) is 10.4. The van der Waals surface area contributed by atoms with E-state index in [1.54, 1.807) is 0 Å². The lowest BCUT2D eigenvalue weighted by atomic mass is 9.63. The third kappa shape index (κ3) is 1.50. The van der Waals surface area contributed by atoms with Crippen LogP contribution < -0.4 is 4.90 Å². The number of likely N-dealkylation sites (tertiary alicyclic amines) is 1. The van der Waals surface area contributed by atoms with Gasteiger partial charge < -0.3 is 10.0 Å². The summed E-state index contributed by atoms with van der Waals surface area (Å²) in [5.74, 6) is -0.0801. The number of rotatable bonds is 0. The van der Waals surface area contributed by atoms with Crippen molar-refractivity contribution in [3.05, 3.63) is 35.4 Å². The maximum Gasteiger partial charge on any atom is 0.128 e. The second-order valence-electron chi connectivity index (χ2n) is 5.77. The van der Waals surface area contributed by atoms with Gasteiger partial charge in [-0.3, -0.25) is 0 Å². The Morgan fingerprint density at radius 1 is 1.39 bits per heavy atom. The van der Waals surface area contributed by atoms with E-state index in [2.05, 4.69) is 19.2 Å². The highest BCUT2D eigenvalue weighted by atomic mass is 16.3. The molecule has 1 heterocycles. The second-order valence-corrected chi connectivity index (χ2v) is 5.77. The number of benzene rings is 1. The first-order chi connectivity index (χ1) is 8.66.